The minimum absolute atomic E-state index is 0.00208. The van der Waals surface area contributed by atoms with E-state index in [-0.39, 0.29) is 25.7 Å². The predicted octanol–water partition coefficient (Wildman–Crippen LogP) is 0.579. The van der Waals surface area contributed by atoms with Crippen LogP contribution in [0.3, 0.4) is 0 Å². The van der Waals surface area contributed by atoms with Gasteiger partial charge in [0.2, 0.25) is 5.91 Å². The molecule has 0 spiro atoms. The van der Waals surface area contributed by atoms with Crippen LogP contribution in [0.25, 0.3) is 0 Å². The van der Waals surface area contributed by atoms with Crippen LogP contribution in [0.1, 0.15) is 32.6 Å². The third kappa shape index (κ3) is 5.30. The number of hydrogen-bond donors (Lipinski definition) is 2. The van der Waals surface area contributed by atoms with Crippen molar-refractivity contribution < 1.29 is 15.0 Å². The molecule has 0 aromatic rings. The summed E-state index contributed by atoms with van der Waals surface area (Å²) in [6, 6.07) is 0. The predicted molar refractivity (Wildman–Crippen MR) is 74.5 cm³/mol. The van der Waals surface area contributed by atoms with E-state index in [1.54, 1.807) is 4.90 Å². The van der Waals surface area contributed by atoms with Gasteiger partial charge in [0.05, 0.1) is 19.8 Å². The average molecular weight is 270 g/mol. The molecule has 0 saturated heterocycles. The van der Waals surface area contributed by atoms with E-state index >= 15 is 0 Å². The van der Waals surface area contributed by atoms with Gasteiger partial charge in [-0.3, -0.25) is 9.69 Å². The highest BCUT2D eigenvalue weighted by atomic mass is 16.3. The molecule has 2 N–H and O–H groups in total. The van der Waals surface area contributed by atoms with E-state index < -0.39 is 0 Å². The fourth-order valence-corrected chi connectivity index (χ4v) is 2.44. The van der Waals surface area contributed by atoms with Crippen molar-refractivity contribution in [1.82, 2.24) is 9.80 Å². The van der Waals surface area contributed by atoms with Gasteiger partial charge in [-0.25, -0.2) is 0 Å². The summed E-state index contributed by atoms with van der Waals surface area (Å²) in [6.07, 6.45) is 6.53. The Bertz CT molecular complexity index is 299. The summed E-state index contributed by atoms with van der Waals surface area (Å²) in [5, 5.41) is 17.9. The Labute approximate surface area is 115 Å². The topological polar surface area (TPSA) is 64.0 Å². The van der Waals surface area contributed by atoms with Crippen molar-refractivity contribution in [3.63, 3.8) is 0 Å². The van der Waals surface area contributed by atoms with Crippen LogP contribution in [0.15, 0.2) is 11.8 Å². The van der Waals surface area contributed by atoms with Crippen LogP contribution in [0.2, 0.25) is 0 Å². The largest absolute Gasteiger partial charge is 0.395 e. The number of carbonyl (C=O) groups is 1. The van der Waals surface area contributed by atoms with Gasteiger partial charge in [0, 0.05) is 25.3 Å². The first-order chi connectivity index (χ1) is 9.22. The van der Waals surface area contributed by atoms with Gasteiger partial charge < -0.3 is 15.1 Å². The molecule has 0 saturated carbocycles. The molecule has 0 fully saturated rings. The summed E-state index contributed by atoms with van der Waals surface area (Å²) in [4.78, 5) is 15.9. The van der Waals surface area contributed by atoms with Crippen molar-refractivity contribution in [3.05, 3.63) is 11.8 Å². The third-order valence-corrected chi connectivity index (χ3v) is 3.42. The van der Waals surface area contributed by atoms with Crippen molar-refractivity contribution in [2.24, 2.45) is 0 Å². The van der Waals surface area contributed by atoms with E-state index in [4.69, 9.17) is 10.2 Å². The van der Waals surface area contributed by atoms with Gasteiger partial charge in [-0.2, -0.15) is 0 Å². The minimum atomic E-state index is 0.00208. The molecule has 110 valence electrons. The van der Waals surface area contributed by atoms with Crippen LogP contribution < -0.4 is 0 Å². The molecule has 0 atom stereocenters. The Kier molecular flexibility index (Phi) is 7.70. The molecule has 1 aliphatic carbocycles. The number of hydrogen-bond acceptors (Lipinski definition) is 4. The Hall–Kier alpha value is -0.910. The first kappa shape index (κ1) is 16.1. The molecule has 1 amide bonds. The number of nitrogens with zero attached hydrogens (tertiary/aromatic N) is 2. The fraction of sp³-hybridized carbons (Fsp3) is 0.786. The summed E-state index contributed by atoms with van der Waals surface area (Å²) in [6.45, 7) is 3.76. The first-order valence-corrected chi connectivity index (χ1v) is 7.16. The number of aliphatic hydroxyl groups is 2. The molecule has 5 heteroatoms. The summed E-state index contributed by atoms with van der Waals surface area (Å²) in [5.74, 6) is 0.0533. The molecule has 5 nitrogen and oxygen atoms in total. The zero-order valence-electron chi connectivity index (χ0n) is 11.8. The molecule has 0 unspecified atom stereocenters. The molecule has 19 heavy (non-hydrogen) atoms. The Morgan fingerprint density at radius 2 is 1.95 bits per heavy atom. The van der Waals surface area contributed by atoms with Crippen LogP contribution >= 0.6 is 0 Å². The van der Waals surface area contributed by atoms with Crippen LogP contribution in [0.5, 0.6) is 0 Å². The first-order valence-electron chi connectivity index (χ1n) is 7.16. The van der Waals surface area contributed by atoms with Crippen LogP contribution in [0, 0.1) is 0 Å². The number of likely N-dealkylation sites (N-methyl/N-ethyl adjacent to an activating group) is 1. The molecular formula is C14H26N2O3. The molecule has 1 rings (SSSR count). The number of carbonyl (C=O) groups excluding carboxylic acids is 1. The van der Waals surface area contributed by atoms with Crippen molar-refractivity contribution in [1.29, 1.82) is 0 Å². The summed E-state index contributed by atoms with van der Waals surface area (Å²) >= 11 is 0. The maximum absolute atomic E-state index is 12.3. The van der Waals surface area contributed by atoms with Crippen molar-refractivity contribution in [2.45, 2.75) is 32.6 Å². The highest BCUT2D eigenvalue weighted by Crippen LogP contribution is 2.21. The van der Waals surface area contributed by atoms with E-state index in [9.17, 15) is 4.79 Å². The molecule has 0 bridgehead atoms. The minimum Gasteiger partial charge on any atom is -0.395 e. The van der Waals surface area contributed by atoms with Crippen molar-refractivity contribution in [2.75, 3.05) is 39.4 Å². The lowest BCUT2D eigenvalue weighted by atomic mass is 10.0. The van der Waals surface area contributed by atoms with Gasteiger partial charge in [0.1, 0.15) is 0 Å². The zero-order valence-corrected chi connectivity index (χ0v) is 11.8. The van der Waals surface area contributed by atoms with E-state index in [1.807, 2.05) is 11.8 Å². The molecule has 0 aliphatic heterocycles. The molecule has 1 aliphatic rings. The quantitative estimate of drug-likeness (QED) is 0.677. The number of rotatable bonds is 8. The Morgan fingerprint density at radius 3 is 2.42 bits per heavy atom. The lowest BCUT2D eigenvalue weighted by Gasteiger charge is -2.29. The normalized spacial score (nSPS) is 15.5. The smallest absolute Gasteiger partial charge is 0.240 e. The van der Waals surface area contributed by atoms with Crippen molar-refractivity contribution >= 4 is 5.91 Å². The highest BCUT2D eigenvalue weighted by Gasteiger charge is 2.19. The monoisotopic (exact) mass is 270 g/mol. The third-order valence-electron chi connectivity index (χ3n) is 3.42. The van der Waals surface area contributed by atoms with E-state index in [0.29, 0.717) is 19.6 Å². The summed E-state index contributed by atoms with van der Waals surface area (Å²) in [7, 11) is 0. The zero-order chi connectivity index (χ0) is 14.1. The van der Waals surface area contributed by atoms with E-state index in [2.05, 4.69) is 6.08 Å². The van der Waals surface area contributed by atoms with E-state index in [1.165, 1.54) is 6.42 Å². The van der Waals surface area contributed by atoms with Gasteiger partial charge in [-0.05, 0) is 32.6 Å². The maximum atomic E-state index is 12.3. The van der Waals surface area contributed by atoms with Gasteiger partial charge in [0.15, 0.2) is 0 Å². The standard InChI is InChI=1S/C14H26N2O3/c1-2-16(13-6-4-3-5-7-13)14(19)12-15(8-10-17)9-11-18/h6,17-18H,2-5,7-12H2,1H3. The van der Waals surface area contributed by atoms with E-state index in [0.717, 1.165) is 25.0 Å². The number of allylic oxidation sites excluding steroid dienone is 2. The van der Waals surface area contributed by atoms with Gasteiger partial charge >= 0.3 is 0 Å². The second kappa shape index (κ2) is 9.07. The Morgan fingerprint density at radius 1 is 1.26 bits per heavy atom. The van der Waals surface area contributed by atoms with Crippen LogP contribution in [-0.4, -0.2) is 65.3 Å². The molecule has 0 heterocycles. The number of aliphatic hydroxyl groups excluding tert-OH is 2. The molecule has 0 radical (unpaired) electrons. The molecule has 0 aromatic carbocycles. The SMILES string of the molecule is CCN(C(=O)CN(CCO)CCO)C1=CCCCC1. The van der Waals surface area contributed by atoms with Gasteiger partial charge in [0.25, 0.3) is 0 Å². The van der Waals surface area contributed by atoms with Crippen molar-refractivity contribution in [3.8, 4) is 0 Å². The van der Waals surface area contributed by atoms with Gasteiger partial charge in [-0.15, -0.1) is 0 Å². The lowest BCUT2D eigenvalue weighted by Crippen LogP contribution is -2.42. The second-order valence-electron chi connectivity index (χ2n) is 4.80. The number of amides is 1. The molecule has 0 aromatic heterocycles. The fourth-order valence-electron chi connectivity index (χ4n) is 2.44. The second-order valence-corrected chi connectivity index (χ2v) is 4.80. The maximum Gasteiger partial charge on any atom is 0.240 e. The summed E-state index contributed by atoms with van der Waals surface area (Å²) in [5.41, 5.74) is 1.13. The summed E-state index contributed by atoms with van der Waals surface area (Å²) < 4.78 is 0. The molecular weight excluding hydrogens is 244 g/mol. The average Bonchev–Trinajstić information content (AvgIpc) is 2.41. The lowest BCUT2D eigenvalue weighted by molar-refractivity contribution is -0.130. The van der Waals surface area contributed by atoms with Crippen LogP contribution in [-0.2, 0) is 4.79 Å². The van der Waals surface area contributed by atoms with Crippen LogP contribution in [0.4, 0.5) is 0 Å². The highest BCUT2D eigenvalue weighted by molar-refractivity contribution is 5.80. The Balaban J connectivity index is 2.59. The van der Waals surface area contributed by atoms with Gasteiger partial charge in [-0.1, -0.05) is 6.08 Å².